The molecule has 0 aromatic heterocycles. The fourth-order valence-corrected chi connectivity index (χ4v) is 3.43. The lowest BCUT2D eigenvalue weighted by Crippen LogP contribution is -2.34. The zero-order valence-corrected chi connectivity index (χ0v) is 14.9. The highest BCUT2D eigenvalue weighted by Gasteiger charge is 2.24. The van der Waals surface area contributed by atoms with E-state index in [1.165, 1.54) is 12.1 Å². The molecule has 1 atom stereocenters. The molecule has 25 heavy (non-hydrogen) atoms. The van der Waals surface area contributed by atoms with Crippen molar-refractivity contribution >= 4 is 11.6 Å². The van der Waals surface area contributed by atoms with Gasteiger partial charge in [-0.25, -0.2) is 4.39 Å². The predicted octanol–water partition coefficient (Wildman–Crippen LogP) is 4.30. The number of hydrogen-bond donors (Lipinski definition) is 0. The van der Waals surface area contributed by atoms with E-state index in [0.717, 1.165) is 42.6 Å². The van der Waals surface area contributed by atoms with E-state index in [1.54, 1.807) is 0 Å². The van der Waals surface area contributed by atoms with Gasteiger partial charge in [0.15, 0.2) is 0 Å². The smallest absolute Gasteiger partial charge is 0.253 e. The molecule has 2 aromatic carbocycles. The largest absolute Gasteiger partial charge is 0.378 e. The molecule has 1 heterocycles. The Morgan fingerprint density at radius 2 is 1.88 bits per heavy atom. The standard InChI is InChI=1S/C21H25FN2O/c1-23(2)20-8-5-7-17(14-20)21(25)24-13-4-3-6-18(15-24)16-9-11-19(22)12-10-16/h5,7-12,14,18H,3-4,6,13,15H2,1-2H3/t18-/m1/s1. The van der Waals surface area contributed by atoms with E-state index in [-0.39, 0.29) is 17.6 Å². The SMILES string of the molecule is CN(C)c1cccc(C(=O)N2CCCC[C@@H](c3ccc(F)cc3)C2)c1. The summed E-state index contributed by atoms with van der Waals surface area (Å²) < 4.78 is 13.2. The molecule has 0 aliphatic carbocycles. The average Bonchev–Trinajstić information content (AvgIpc) is 2.88. The van der Waals surface area contributed by atoms with Crippen molar-refractivity contribution in [1.82, 2.24) is 4.90 Å². The first-order valence-electron chi connectivity index (χ1n) is 8.87. The first-order chi connectivity index (χ1) is 12.0. The third-order valence-corrected chi connectivity index (χ3v) is 4.91. The van der Waals surface area contributed by atoms with Crippen LogP contribution in [0.4, 0.5) is 10.1 Å². The minimum absolute atomic E-state index is 0.0812. The van der Waals surface area contributed by atoms with Crippen LogP contribution in [-0.4, -0.2) is 38.0 Å². The number of amides is 1. The second kappa shape index (κ2) is 7.68. The molecule has 0 spiro atoms. The number of carbonyl (C=O) groups is 1. The summed E-state index contributed by atoms with van der Waals surface area (Å²) in [6.07, 6.45) is 3.13. The van der Waals surface area contributed by atoms with Crippen molar-refractivity contribution in [3.8, 4) is 0 Å². The number of carbonyl (C=O) groups excluding carboxylic acids is 1. The van der Waals surface area contributed by atoms with Gasteiger partial charge < -0.3 is 9.80 Å². The second-order valence-corrected chi connectivity index (χ2v) is 6.94. The van der Waals surface area contributed by atoms with Crippen molar-refractivity contribution < 1.29 is 9.18 Å². The van der Waals surface area contributed by atoms with Crippen LogP contribution in [0.1, 0.15) is 41.1 Å². The molecule has 0 bridgehead atoms. The number of hydrogen-bond acceptors (Lipinski definition) is 2. The molecule has 0 unspecified atom stereocenters. The number of benzene rings is 2. The van der Waals surface area contributed by atoms with Crippen molar-refractivity contribution in [3.05, 3.63) is 65.5 Å². The van der Waals surface area contributed by atoms with Crippen LogP contribution < -0.4 is 4.90 Å². The highest BCUT2D eigenvalue weighted by molar-refractivity contribution is 5.95. The zero-order chi connectivity index (χ0) is 17.8. The lowest BCUT2D eigenvalue weighted by Gasteiger charge is -2.25. The van der Waals surface area contributed by atoms with E-state index >= 15 is 0 Å². The second-order valence-electron chi connectivity index (χ2n) is 6.94. The molecule has 1 fully saturated rings. The zero-order valence-electron chi connectivity index (χ0n) is 14.9. The summed E-state index contributed by atoms with van der Waals surface area (Å²) >= 11 is 0. The molecule has 0 radical (unpaired) electrons. The fraction of sp³-hybridized carbons (Fsp3) is 0.381. The number of rotatable bonds is 3. The van der Waals surface area contributed by atoms with Crippen LogP contribution in [0.2, 0.25) is 0 Å². The first-order valence-corrected chi connectivity index (χ1v) is 8.87. The predicted molar refractivity (Wildman–Crippen MR) is 99.7 cm³/mol. The first kappa shape index (κ1) is 17.5. The molecular weight excluding hydrogens is 315 g/mol. The van der Waals surface area contributed by atoms with Crippen molar-refractivity contribution in [2.24, 2.45) is 0 Å². The highest BCUT2D eigenvalue weighted by atomic mass is 19.1. The molecule has 1 aliphatic rings. The summed E-state index contributed by atoms with van der Waals surface area (Å²) in [5.74, 6) is 0.132. The fourth-order valence-electron chi connectivity index (χ4n) is 3.43. The summed E-state index contributed by atoms with van der Waals surface area (Å²) in [6.45, 7) is 1.47. The van der Waals surface area contributed by atoms with Crippen LogP contribution in [0.25, 0.3) is 0 Å². The summed E-state index contributed by atoms with van der Waals surface area (Å²) in [6, 6.07) is 14.5. The lowest BCUT2D eigenvalue weighted by molar-refractivity contribution is 0.0754. The molecule has 0 saturated carbocycles. The summed E-state index contributed by atoms with van der Waals surface area (Å²) in [5.41, 5.74) is 2.87. The Labute approximate surface area is 149 Å². The van der Waals surface area contributed by atoms with Crippen LogP contribution in [0.5, 0.6) is 0 Å². The van der Waals surface area contributed by atoms with E-state index in [1.807, 2.05) is 60.3 Å². The van der Waals surface area contributed by atoms with Crippen LogP contribution in [0.15, 0.2) is 48.5 Å². The monoisotopic (exact) mass is 340 g/mol. The van der Waals surface area contributed by atoms with E-state index < -0.39 is 0 Å². The number of nitrogens with zero attached hydrogens (tertiary/aromatic N) is 2. The van der Waals surface area contributed by atoms with Crippen molar-refractivity contribution in [2.75, 3.05) is 32.1 Å². The summed E-state index contributed by atoms with van der Waals surface area (Å²) in [5, 5.41) is 0. The van der Waals surface area contributed by atoms with Crippen molar-refractivity contribution in [3.63, 3.8) is 0 Å². The minimum atomic E-state index is -0.217. The molecule has 3 rings (SSSR count). The molecule has 1 aliphatic heterocycles. The van der Waals surface area contributed by atoms with E-state index in [9.17, 15) is 9.18 Å². The van der Waals surface area contributed by atoms with E-state index in [0.29, 0.717) is 6.54 Å². The molecule has 0 N–H and O–H groups in total. The van der Waals surface area contributed by atoms with Crippen LogP contribution in [0, 0.1) is 5.82 Å². The topological polar surface area (TPSA) is 23.6 Å². The Bertz CT molecular complexity index is 727. The quantitative estimate of drug-likeness (QED) is 0.832. The van der Waals surface area contributed by atoms with Gasteiger partial charge in [-0.15, -0.1) is 0 Å². The minimum Gasteiger partial charge on any atom is -0.378 e. The van der Waals surface area contributed by atoms with Gasteiger partial charge in [0, 0.05) is 44.4 Å². The molecule has 2 aromatic rings. The van der Waals surface area contributed by atoms with E-state index in [4.69, 9.17) is 0 Å². The number of anilines is 1. The Kier molecular flexibility index (Phi) is 5.37. The van der Waals surface area contributed by atoms with E-state index in [2.05, 4.69) is 0 Å². The highest BCUT2D eigenvalue weighted by Crippen LogP contribution is 2.28. The van der Waals surface area contributed by atoms with Gasteiger partial charge in [-0.2, -0.15) is 0 Å². The Balaban J connectivity index is 1.79. The molecule has 1 amide bonds. The van der Waals surface area contributed by atoms with Crippen LogP contribution >= 0.6 is 0 Å². The Morgan fingerprint density at radius 1 is 1.12 bits per heavy atom. The maximum absolute atomic E-state index is 13.2. The van der Waals surface area contributed by atoms with Crippen molar-refractivity contribution in [2.45, 2.75) is 25.2 Å². The van der Waals surface area contributed by atoms with Gasteiger partial charge in [0.05, 0.1) is 0 Å². The summed E-state index contributed by atoms with van der Waals surface area (Å²) in [7, 11) is 3.94. The van der Waals surface area contributed by atoms with Gasteiger partial charge in [0.2, 0.25) is 0 Å². The maximum atomic E-state index is 13.2. The maximum Gasteiger partial charge on any atom is 0.253 e. The van der Waals surface area contributed by atoms with Gasteiger partial charge >= 0.3 is 0 Å². The van der Waals surface area contributed by atoms with Crippen LogP contribution in [0.3, 0.4) is 0 Å². The molecule has 4 heteroatoms. The molecule has 3 nitrogen and oxygen atoms in total. The number of halogens is 1. The normalized spacial score (nSPS) is 17.9. The van der Waals surface area contributed by atoms with Crippen LogP contribution in [-0.2, 0) is 0 Å². The van der Waals surface area contributed by atoms with Gasteiger partial charge in [-0.3, -0.25) is 4.79 Å². The van der Waals surface area contributed by atoms with Gasteiger partial charge in [0.25, 0.3) is 5.91 Å². The molecular formula is C21H25FN2O. The van der Waals surface area contributed by atoms with Gasteiger partial charge in [-0.05, 0) is 48.7 Å². The third-order valence-electron chi connectivity index (χ3n) is 4.91. The summed E-state index contributed by atoms with van der Waals surface area (Å²) in [4.78, 5) is 17.0. The molecule has 1 saturated heterocycles. The Morgan fingerprint density at radius 3 is 2.60 bits per heavy atom. The average molecular weight is 340 g/mol. The lowest BCUT2D eigenvalue weighted by atomic mass is 9.94. The molecule has 132 valence electrons. The Hall–Kier alpha value is -2.36. The van der Waals surface area contributed by atoms with Gasteiger partial charge in [-0.1, -0.05) is 24.6 Å². The van der Waals surface area contributed by atoms with Gasteiger partial charge in [0.1, 0.15) is 5.82 Å². The third kappa shape index (κ3) is 4.19. The number of likely N-dealkylation sites (tertiary alicyclic amines) is 1. The van der Waals surface area contributed by atoms with Crippen molar-refractivity contribution in [1.29, 1.82) is 0 Å².